The first-order valence-electron chi connectivity index (χ1n) is 16.6. The Hall–Kier alpha value is -3.64. The number of aliphatic hydroxyl groups excluding tert-OH is 4. The van der Waals surface area contributed by atoms with Gasteiger partial charge < -0.3 is 0 Å². The maximum absolute atomic E-state index is 10.7. The van der Waals surface area contributed by atoms with Crippen LogP contribution >= 0.6 is 0 Å². The summed E-state index contributed by atoms with van der Waals surface area (Å²) in [4.78, 5) is 45.7. The van der Waals surface area contributed by atoms with Crippen molar-refractivity contribution in [3.63, 3.8) is 0 Å². The van der Waals surface area contributed by atoms with E-state index in [1.54, 1.807) is 0 Å². The van der Waals surface area contributed by atoms with E-state index in [2.05, 4.69) is 29.9 Å². The van der Waals surface area contributed by atoms with E-state index in [-0.39, 0.29) is 11.6 Å². The molecule has 12 atom stereocenters. The van der Waals surface area contributed by atoms with Gasteiger partial charge in [-0.15, -0.1) is 0 Å². The molecule has 54 heavy (non-hydrogen) atoms. The molecule has 0 spiro atoms. The SMILES string of the molecule is C[Se+](CCC(N)C(=O)[O-])C[C@H]1O[C@@H](n2cnc3c(N)ncnc32)[C@H](O)[C@@H]1O.C[Se+](CC[C@H](N)C(=O)[O-])C[C@H]1O[C@@H](n2cnc3c(N)ncnc32)[C@H](O)[C@@H]1O. The molecule has 4 aromatic rings. The second kappa shape index (κ2) is 17.9. The Balaban J connectivity index is 0.000000208. The number of nitrogen functional groups attached to an aromatic ring is 2. The van der Waals surface area contributed by atoms with Gasteiger partial charge in [0, 0.05) is 0 Å². The van der Waals surface area contributed by atoms with Gasteiger partial charge in [-0.1, -0.05) is 0 Å². The number of nitrogens with zero attached hydrogens (tertiary/aromatic N) is 8. The molecule has 2 aliphatic rings. The van der Waals surface area contributed by atoms with Crippen molar-refractivity contribution in [3.05, 3.63) is 25.3 Å². The first kappa shape index (κ1) is 41.5. The number of hydrogen-bond donors (Lipinski definition) is 8. The number of anilines is 2. The molecule has 24 heteroatoms. The van der Waals surface area contributed by atoms with Crippen molar-refractivity contribution in [2.75, 3.05) is 11.5 Å². The summed E-state index contributed by atoms with van der Waals surface area (Å²) in [5.41, 5.74) is 24.1. The Labute approximate surface area is 316 Å². The third-order valence-electron chi connectivity index (χ3n) is 9.05. The minimum atomic E-state index is -1.28. The number of carbonyl (C=O) groups is 2. The van der Waals surface area contributed by atoms with E-state index in [0.717, 1.165) is 0 Å². The molecule has 2 fully saturated rings. The molecule has 0 amide bonds. The zero-order valence-corrected chi connectivity index (χ0v) is 32.7. The predicted molar refractivity (Wildman–Crippen MR) is 189 cm³/mol. The number of ether oxygens (including phenoxy) is 2. The van der Waals surface area contributed by atoms with Crippen LogP contribution in [0.2, 0.25) is 32.9 Å². The number of aromatic nitrogens is 8. The fraction of sp³-hybridized carbons (Fsp3) is 0.600. The van der Waals surface area contributed by atoms with Gasteiger partial charge in [-0.3, -0.25) is 0 Å². The summed E-state index contributed by atoms with van der Waals surface area (Å²) in [5.74, 6) is 1.95. The quantitative estimate of drug-likeness (QED) is 0.0551. The van der Waals surface area contributed by atoms with Crippen LogP contribution in [0.1, 0.15) is 25.3 Å². The van der Waals surface area contributed by atoms with Crippen LogP contribution in [-0.2, 0) is 19.1 Å². The van der Waals surface area contributed by atoms with Crippen LogP contribution in [0.15, 0.2) is 25.3 Å². The summed E-state index contributed by atoms with van der Waals surface area (Å²) in [7, 11) is 0. The van der Waals surface area contributed by atoms with Crippen LogP contribution in [0.4, 0.5) is 11.6 Å². The Bertz CT molecular complexity index is 1770. The number of carboxylic acid groups (broad SMARTS) is 2. The van der Waals surface area contributed by atoms with Crippen molar-refractivity contribution in [1.29, 1.82) is 0 Å². The van der Waals surface area contributed by atoms with Crippen molar-refractivity contribution in [1.82, 2.24) is 39.0 Å². The van der Waals surface area contributed by atoms with Gasteiger partial charge in [0.2, 0.25) is 0 Å². The van der Waals surface area contributed by atoms with E-state index in [4.69, 9.17) is 32.4 Å². The molecule has 6 heterocycles. The molecule has 6 rings (SSSR count). The number of aliphatic carboxylic acids is 2. The van der Waals surface area contributed by atoms with Crippen LogP contribution < -0.4 is 33.1 Å². The summed E-state index contributed by atoms with van der Waals surface area (Å²) < 4.78 is 14.8. The van der Waals surface area contributed by atoms with Gasteiger partial charge in [-0.05, 0) is 0 Å². The van der Waals surface area contributed by atoms with Gasteiger partial charge in [-0.25, -0.2) is 0 Å². The van der Waals surface area contributed by atoms with E-state index in [0.29, 0.717) is 56.4 Å². The Kier molecular flexibility index (Phi) is 13.7. The number of imidazole rings is 2. The molecule has 296 valence electrons. The first-order chi connectivity index (χ1) is 25.6. The molecular formula is C30H44N12O10Se2. The predicted octanol–water partition coefficient (Wildman–Crippen LogP) is -4.76. The molecule has 22 nitrogen and oxygen atoms in total. The van der Waals surface area contributed by atoms with Crippen LogP contribution in [0.25, 0.3) is 22.3 Å². The average molecular weight is 891 g/mol. The topological polar surface area (TPSA) is 371 Å². The normalized spacial score (nSPS) is 27.7. The van der Waals surface area contributed by atoms with Crippen molar-refractivity contribution >= 4 is 73.7 Å². The molecule has 12 N–H and O–H groups in total. The average Bonchev–Trinajstić information content (AvgIpc) is 3.89. The van der Waals surface area contributed by atoms with Crippen molar-refractivity contribution in [2.24, 2.45) is 11.5 Å². The van der Waals surface area contributed by atoms with Crippen LogP contribution in [0.3, 0.4) is 0 Å². The third kappa shape index (κ3) is 9.24. The molecule has 2 aliphatic heterocycles. The van der Waals surface area contributed by atoms with E-state index in [1.807, 2.05) is 11.6 Å². The zero-order chi connectivity index (χ0) is 39.4. The molecule has 3 unspecified atom stereocenters. The molecule has 0 radical (unpaired) electrons. The summed E-state index contributed by atoms with van der Waals surface area (Å²) >= 11 is -2.55. The summed E-state index contributed by atoms with van der Waals surface area (Å²) in [5, 5.41) is 65.5. The number of hydrogen-bond acceptors (Lipinski definition) is 20. The molecule has 0 saturated carbocycles. The first-order valence-corrected chi connectivity index (χ1v) is 24.9. The Morgan fingerprint density at radius 2 is 1.07 bits per heavy atom. The molecule has 0 aliphatic carbocycles. The second-order valence-electron chi connectivity index (χ2n) is 13.0. The van der Waals surface area contributed by atoms with Gasteiger partial charge in [0.05, 0.1) is 0 Å². The summed E-state index contributed by atoms with van der Waals surface area (Å²) in [6.07, 6.45) is -1.22. The second-order valence-corrected chi connectivity index (χ2v) is 22.7. The van der Waals surface area contributed by atoms with Crippen LogP contribution in [0, 0.1) is 0 Å². The standard InChI is InChI=1S/2C15H22N6O5Se/c2*1-27(3-2-7(16)15(24)25)4-8-10(22)11(23)14(26-8)21-6-20-9-12(17)18-5-19-13(9)21/h2*5-8,10-11,14,22-23H,2-4,16H2,1H3,(H2-,17,18,19,24,25)/t7?,8-,10-,11-,14-,27?;7-,8+,10+,11+,14+,27?/m10/s1. The third-order valence-corrected chi connectivity index (χ3v) is 16.7. The minimum absolute atomic E-state index is 0.216. The molecular weight excluding hydrogens is 846 g/mol. The molecule has 0 bridgehead atoms. The Morgan fingerprint density at radius 3 is 1.43 bits per heavy atom. The van der Waals surface area contributed by atoms with Gasteiger partial charge in [-0.2, -0.15) is 0 Å². The van der Waals surface area contributed by atoms with E-state index < -0.39 is 101 Å². The molecule has 0 aromatic carbocycles. The zero-order valence-electron chi connectivity index (χ0n) is 29.3. The van der Waals surface area contributed by atoms with E-state index in [9.17, 15) is 40.2 Å². The number of carboxylic acids is 2. The summed E-state index contributed by atoms with van der Waals surface area (Å²) in [6, 6.07) is -1.99. The van der Waals surface area contributed by atoms with E-state index >= 15 is 0 Å². The van der Waals surface area contributed by atoms with Crippen molar-refractivity contribution < 1.29 is 49.7 Å². The Morgan fingerprint density at radius 1 is 0.704 bits per heavy atom. The maximum atomic E-state index is 10.7. The number of nitrogens with two attached hydrogens (primary N) is 4. The van der Waals surface area contributed by atoms with Crippen LogP contribution in [-0.4, -0.2) is 148 Å². The van der Waals surface area contributed by atoms with E-state index in [1.165, 1.54) is 34.4 Å². The fourth-order valence-corrected chi connectivity index (χ4v) is 12.9. The number of aliphatic hydroxyl groups is 4. The van der Waals surface area contributed by atoms with Crippen molar-refractivity contribution in [3.8, 4) is 0 Å². The van der Waals surface area contributed by atoms with Gasteiger partial charge in [0.1, 0.15) is 0 Å². The molecule has 2 saturated heterocycles. The number of fused-ring (bicyclic) bond motifs is 2. The monoisotopic (exact) mass is 892 g/mol. The van der Waals surface area contributed by atoms with Gasteiger partial charge in [0.15, 0.2) is 0 Å². The fourth-order valence-electron chi connectivity index (χ4n) is 5.93. The number of carbonyl (C=O) groups excluding carboxylic acids is 2. The molecule has 4 aromatic heterocycles. The summed E-state index contributed by atoms with van der Waals surface area (Å²) in [6.45, 7) is 0. The van der Waals surface area contributed by atoms with Crippen LogP contribution in [0.5, 0.6) is 0 Å². The van der Waals surface area contributed by atoms with Gasteiger partial charge in [0.25, 0.3) is 0 Å². The number of rotatable bonds is 14. The van der Waals surface area contributed by atoms with Gasteiger partial charge >= 0.3 is 318 Å². The van der Waals surface area contributed by atoms with Crippen molar-refractivity contribution in [2.45, 2.75) is 107 Å².